The van der Waals surface area contributed by atoms with Gasteiger partial charge in [-0.2, -0.15) is 4.36 Å². The second-order valence-electron chi connectivity index (χ2n) is 8.24. The molecule has 8 nitrogen and oxygen atoms in total. The molecule has 3 aliphatic rings. The highest BCUT2D eigenvalue weighted by molar-refractivity contribution is 7.94. The molecule has 28 heavy (non-hydrogen) atoms. The Labute approximate surface area is 167 Å². The molecule has 3 fully saturated rings. The molecule has 2 amide bonds. The molecule has 0 radical (unpaired) electrons. The van der Waals surface area contributed by atoms with Crippen LogP contribution in [0, 0.1) is 5.41 Å². The van der Waals surface area contributed by atoms with Crippen LogP contribution >= 0.6 is 0 Å². The van der Waals surface area contributed by atoms with Crippen molar-refractivity contribution in [2.75, 3.05) is 37.5 Å². The van der Waals surface area contributed by atoms with Gasteiger partial charge in [-0.25, -0.2) is 12.6 Å². The smallest absolute Gasteiger partial charge is 0.271 e. The molecule has 0 aromatic rings. The van der Waals surface area contributed by atoms with Crippen LogP contribution in [0.5, 0.6) is 0 Å². The van der Waals surface area contributed by atoms with E-state index >= 15 is 0 Å². The summed E-state index contributed by atoms with van der Waals surface area (Å²) in [7, 11) is -6.45. The zero-order chi connectivity index (χ0) is 20.6. The summed E-state index contributed by atoms with van der Waals surface area (Å²) in [6, 6.07) is 0. The van der Waals surface area contributed by atoms with Crippen molar-refractivity contribution in [2.24, 2.45) is 9.78 Å². The van der Waals surface area contributed by atoms with Crippen LogP contribution in [0.1, 0.15) is 45.4 Å². The number of carbonyl (C=O) groups excluding carboxylic acids is 2. The third-order valence-electron chi connectivity index (χ3n) is 6.35. The predicted molar refractivity (Wildman–Crippen MR) is 106 cm³/mol. The fraction of sp³-hybridized carbons (Fsp3) is 0.889. The first kappa shape index (κ1) is 21.7. The lowest BCUT2D eigenvalue weighted by Crippen LogP contribution is -2.50. The average Bonchev–Trinajstić information content (AvgIpc) is 2.98. The van der Waals surface area contributed by atoms with E-state index in [2.05, 4.69) is 4.36 Å². The molecule has 0 spiro atoms. The number of nitrogens with zero attached hydrogens (tertiary/aromatic N) is 2. The average molecular weight is 435 g/mol. The van der Waals surface area contributed by atoms with E-state index in [0.717, 1.165) is 38.4 Å². The lowest BCUT2D eigenvalue weighted by Gasteiger charge is -2.40. The first-order chi connectivity index (χ1) is 13.1. The van der Waals surface area contributed by atoms with Crippen molar-refractivity contribution in [1.82, 2.24) is 4.90 Å². The molecule has 4 unspecified atom stereocenters. The normalized spacial score (nSPS) is 34.9. The molecule has 160 valence electrons. The Hall–Kier alpha value is -1.00. The van der Waals surface area contributed by atoms with Gasteiger partial charge in [-0.15, -0.1) is 0 Å². The molecule has 0 aromatic carbocycles. The van der Waals surface area contributed by atoms with Crippen molar-refractivity contribution >= 4 is 31.4 Å². The summed E-state index contributed by atoms with van der Waals surface area (Å²) in [4.78, 5) is 27.3. The van der Waals surface area contributed by atoms with Gasteiger partial charge in [0.15, 0.2) is 9.84 Å². The first-order valence-corrected chi connectivity index (χ1v) is 13.7. The molecule has 1 saturated carbocycles. The van der Waals surface area contributed by atoms with Gasteiger partial charge in [-0.05, 0) is 32.6 Å². The van der Waals surface area contributed by atoms with Crippen LogP contribution in [-0.2, 0) is 33.9 Å². The summed E-state index contributed by atoms with van der Waals surface area (Å²) in [6.45, 7) is 2.62. The van der Waals surface area contributed by atoms with Crippen LogP contribution in [0.25, 0.3) is 0 Å². The molecule has 2 aliphatic heterocycles. The maximum atomic E-state index is 13.4. The Morgan fingerprint density at radius 3 is 2.64 bits per heavy atom. The van der Waals surface area contributed by atoms with Crippen LogP contribution in [-0.4, -0.2) is 78.2 Å². The van der Waals surface area contributed by atoms with Crippen LogP contribution in [0.3, 0.4) is 0 Å². The largest absolute Gasteiger partial charge is 0.377 e. The number of rotatable bonds is 3. The molecule has 10 heteroatoms. The van der Waals surface area contributed by atoms with Gasteiger partial charge in [0, 0.05) is 37.5 Å². The van der Waals surface area contributed by atoms with Gasteiger partial charge in [0.25, 0.3) is 5.91 Å². The maximum absolute atomic E-state index is 13.4. The van der Waals surface area contributed by atoms with Crippen molar-refractivity contribution < 1.29 is 27.0 Å². The van der Waals surface area contributed by atoms with Crippen LogP contribution in [0.2, 0.25) is 0 Å². The molecular weight excluding hydrogens is 404 g/mol. The Bertz CT molecular complexity index is 861. The van der Waals surface area contributed by atoms with E-state index in [4.69, 9.17) is 4.74 Å². The van der Waals surface area contributed by atoms with E-state index in [-0.39, 0.29) is 30.1 Å². The number of fused-ring (bicyclic) bond motifs is 1. The van der Waals surface area contributed by atoms with Crippen molar-refractivity contribution in [3.63, 3.8) is 0 Å². The Morgan fingerprint density at radius 2 is 1.93 bits per heavy atom. The fourth-order valence-corrected chi connectivity index (χ4v) is 6.89. The molecule has 2 saturated heterocycles. The van der Waals surface area contributed by atoms with Crippen LogP contribution in [0.4, 0.5) is 0 Å². The summed E-state index contributed by atoms with van der Waals surface area (Å²) >= 11 is 0. The molecule has 3 rings (SSSR count). The molecule has 2 heterocycles. The van der Waals surface area contributed by atoms with Crippen molar-refractivity contribution in [2.45, 2.75) is 56.8 Å². The van der Waals surface area contributed by atoms with E-state index in [0.29, 0.717) is 19.6 Å². The van der Waals surface area contributed by atoms with Crippen molar-refractivity contribution in [1.29, 1.82) is 0 Å². The maximum Gasteiger partial charge on any atom is 0.271 e. The second kappa shape index (κ2) is 8.02. The van der Waals surface area contributed by atoms with E-state index in [1.165, 1.54) is 6.92 Å². The summed E-state index contributed by atoms with van der Waals surface area (Å²) < 4.78 is 45.9. The zero-order valence-electron chi connectivity index (χ0n) is 16.6. The first-order valence-electron chi connectivity index (χ1n) is 9.94. The summed E-state index contributed by atoms with van der Waals surface area (Å²) in [5.74, 6) is -0.481. The van der Waals surface area contributed by atoms with E-state index in [9.17, 15) is 22.2 Å². The van der Waals surface area contributed by atoms with E-state index < -0.39 is 36.1 Å². The standard InChI is InChI=1S/C18H30N2O6S2/c1-14(27(2,23)24)16(21)19-28(25)12-5-9-20(10-13-28)17(22)18-7-4-3-6-15(18)26-11-8-18/h14-15H,3-13H2,1-2H3. The topological polar surface area (TPSA) is 110 Å². The quantitative estimate of drug-likeness (QED) is 0.655. The SMILES string of the molecule is CC(C(=O)N=S1(=O)CCCN(C(=O)C23CCCCC2OCC3)CC1)S(C)(=O)=O. The second-order valence-corrected chi connectivity index (χ2v) is 13.1. The van der Waals surface area contributed by atoms with Gasteiger partial charge in [0.2, 0.25) is 5.91 Å². The van der Waals surface area contributed by atoms with Crippen LogP contribution < -0.4 is 0 Å². The number of amides is 2. The Kier molecular flexibility index (Phi) is 6.22. The minimum Gasteiger partial charge on any atom is -0.377 e. The van der Waals surface area contributed by atoms with E-state index in [1.807, 2.05) is 0 Å². The van der Waals surface area contributed by atoms with Gasteiger partial charge in [-0.1, -0.05) is 12.8 Å². The minimum absolute atomic E-state index is 0.0248. The summed E-state index contributed by atoms with van der Waals surface area (Å²) in [5.41, 5.74) is -0.457. The van der Waals surface area contributed by atoms with Crippen molar-refractivity contribution in [3.8, 4) is 0 Å². The number of ether oxygens (including phenoxy) is 1. The van der Waals surface area contributed by atoms with Crippen molar-refractivity contribution in [3.05, 3.63) is 0 Å². The molecule has 0 N–H and O–H groups in total. The van der Waals surface area contributed by atoms with Crippen LogP contribution in [0.15, 0.2) is 4.36 Å². The van der Waals surface area contributed by atoms with E-state index in [1.54, 1.807) is 4.90 Å². The summed E-state index contributed by atoms with van der Waals surface area (Å²) in [6.07, 6.45) is 5.99. The monoisotopic (exact) mass is 434 g/mol. The highest BCUT2D eigenvalue weighted by Gasteiger charge is 2.52. The Morgan fingerprint density at radius 1 is 1.18 bits per heavy atom. The molecule has 4 atom stereocenters. The number of sulfone groups is 1. The number of hydrogen-bond acceptors (Lipinski definition) is 6. The lowest BCUT2D eigenvalue weighted by atomic mass is 9.70. The van der Waals surface area contributed by atoms with Gasteiger partial charge >= 0.3 is 0 Å². The van der Waals surface area contributed by atoms with Gasteiger partial charge in [0.1, 0.15) is 5.25 Å². The number of hydrogen-bond donors (Lipinski definition) is 0. The predicted octanol–water partition coefficient (Wildman–Crippen LogP) is 0.996. The molecule has 0 bridgehead atoms. The third kappa shape index (κ3) is 4.28. The minimum atomic E-state index is -3.59. The van der Waals surface area contributed by atoms with Gasteiger partial charge < -0.3 is 9.64 Å². The third-order valence-corrected chi connectivity index (χ3v) is 10.1. The fourth-order valence-electron chi connectivity index (χ4n) is 4.45. The highest BCUT2D eigenvalue weighted by Crippen LogP contribution is 2.47. The molecule has 1 aliphatic carbocycles. The molecular formula is C18H30N2O6S2. The molecule has 0 aromatic heterocycles. The Balaban J connectivity index is 1.74. The number of carbonyl (C=O) groups is 2. The lowest BCUT2D eigenvalue weighted by molar-refractivity contribution is -0.147. The summed E-state index contributed by atoms with van der Waals surface area (Å²) in [5, 5.41) is -1.30. The van der Waals surface area contributed by atoms with Gasteiger partial charge in [0.05, 0.1) is 21.2 Å². The zero-order valence-corrected chi connectivity index (χ0v) is 18.2. The highest BCUT2D eigenvalue weighted by atomic mass is 32.2. The van der Waals surface area contributed by atoms with Gasteiger partial charge in [-0.3, -0.25) is 9.59 Å².